The van der Waals surface area contributed by atoms with Gasteiger partial charge in [-0.2, -0.15) is 0 Å². The fraction of sp³-hybridized carbons (Fsp3) is 0.250. The van der Waals surface area contributed by atoms with Crippen molar-refractivity contribution in [1.29, 1.82) is 0 Å². The minimum atomic E-state index is -1.22. The highest BCUT2D eigenvalue weighted by Crippen LogP contribution is 2.11. The van der Waals surface area contributed by atoms with Gasteiger partial charge < -0.3 is 19.6 Å². The van der Waals surface area contributed by atoms with Crippen molar-refractivity contribution < 1.29 is 28.2 Å². The van der Waals surface area contributed by atoms with Crippen LogP contribution in [0.4, 0.5) is 4.39 Å². The van der Waals surface area contributed by atoms with E-state index in [-0.39, 0.29) is 17.3 Å². The maximum atomic E-state index is 12.7. The van der Waals surface area contributed by atoms with Crippen LogP contribution >= 0.6 is 0 Å². The van der Waals surface area contributed by atoms with E-state index in [1.54, 1.807) is 12.1 Å². The Balaban J connectivity index is 1.62. The lowest BCUT2D eigenvalue weighted by Crippen LogP contribution is -2.24. The largest absolute Gasteiger partial charge is 0.494 e. The molecule has 0 fully saturated rings. The zero-order valence-corrected chi connectivity index (χ0v) is 12.3. The summed E-state index contributed by atoms with van der Waals surface area (Å²) in [7, 11) is 0. The van der Waals surface area contributed by atoms with E-state index < -0.39 is 11.9 Å². The van der Waals surface area contributed by atoms with E-state index in [2.05, 4.69) is 5.32 Å². The molecule has 0 radical (unpaired) electrons. The quantitative estimate of drug-likeness (QED) is 0.730. The highest BCUT2D eigenvalue weighted by Gasteiger charge is 2.14. The molecule has 2 N–H and O–H groups in total. The Morgan fingerprint density at radius 3 is 2.43 bits per heavy atom. The van der Waals surface area contributed by atoms with Gasteiger partial charge in [0.05, 0.1) is 6.61 Å². The normalized spacial score (nSPS) is 10.3. The van der Waals surface area contributed by atoms with Gasteiger partial charge in [0.2, 0.25) is 5.76 Å². The summed E-state index contributed by atoms with van der Waals surface area (Å²) >= 11 is 0. The van der Waals surface area contributed by atoms with Crippen LogP contribution in [0, 0.1) is 5.82 Å². The summed E-state index contributed by atoms with van der Waals surface area (Å²) in [5, 5.41) is 11.3. The van der Waals surface area contributed by atoms with Gasteiger partial charge in [-0.1, -0.05) is 0 Å². The van der Waals surface area contributed by atoms with E-state index >= 15 is 0 Å². The lowest BCUT2D eigenvalue weighted by Gasteiger charge is -2.06. The standard InChI is InChI=1S/C16H16FNO5/c17-11-3-5-12(6-4-11)22-10-2-1-9-18-15(19)13-7-8-14(23-13)16(20)21/h3-8H,1-2,9-10H2,(H,18,19)(H,20,21). The number of hydrogen-bond acceptors (Lipinski definition) is 4. The molecule has 0 saturated heterocycles. The molecule has 122 valence electrons. The molecule has 0 atom stereocenters. The number of unbranched alkanes of at least 4 members (excludes halogenated alkanes) is 1. The van der Waals surface area contributed by atoms with Gasteiger partial charge in [0.1, 0.15) is 11.6 Å². The first-order chi connectivity index (χ1) is 11.1. The smallest absolute Gasteiger partial charge is 0.371 e. The highest BCUT2D eigenvalue weighted by atomic mass is 19.1. The van der Waals surface area contributed by atoms with E-state index in [0.717, 1.165) is 0 Å². The molecule has 0 bridgehead atoms. The molecule has 1 aromatic carbocycles. The van der Waals surface area contributed by atoms with Crippen LogP contribution in [0.3, 0.4) is 0 Å². The number of rotatable bonds is 8. The first-order valence-electron chi connectivity index (χ1n) is 7.06. The van der Waals surface area contributed by atoms with Crippen LogP contribution < -0.4 is 10.1 Å². The van der Waals surface area contributed by atoms with Crippen LogP contribution in [0.5, 0.6) is 5.75 Å². The van der Waals surface area contributed by atoms with Gasteiger partial charge in [0.25, 0.3) is 5.91 Å². The molecule has 0 aliphatic carbocycles. The topological polar surface area (TPSA) is 88.8 Å². The van der Waals surface area contributed by atoms with Crippen LogP contribution in [0.2, 0.25) is 0 Å². The third-order valence-corrected chi connectivity index (χ3v) is 2.98. The van der Waals surface area contributed by atoms with Crippen molar-refractivity contribution in [2.45, 2.75) is 12.8 Å². The third-order valence-electron chi connectivity index (χ3n) is 2.98. The second-order valence-electron chi connectivity index (χ2n) is 4.73. The van der Waals surface area contributed by atoms with Crippen molar-refractivity contribution in [3.05, 3.63) is 53.7 Å². The average molecular weight is 321 g/mol. The number of hydrogen-bond donors (Lipinski definition) is 2. The number of aromatic carboxylic acids is 1. The van der Waals surface area contributed by atoms with Crippen molar-refractivity contribution in [1.82, 2.24) is 5.32 Å². The number of furan rings is 1. The Morgan fingerprint density at radius 2 is 1.78 bits per heavy atom. The molecule has 6 nitrogen and oxygen atoms in total. The van der Waals surface area contributed by atoms with Crippen LogP contribution in [0.15, 0.2) is 40.8 Å². The summed E-state index contributed by atoms with van der Waals surface area (Å²) in [5.74, 6) is -1.72. The summed E-state index contributed by atoms with van der Waals surface area (Å²) < 4.78 is 23.0. The van der Waals surface area contributed by atoms with Crippen molar-refractivity contribution in [2.24, 2.45) is 0 Å². The molecule has 2 rings (SSSR count). The molecule has 0 aliphatic rings. The van der Waals surface area contributed by atoms with Crippen LogP contribution in [-0.2, 0) is 0 Å². The molecule has 1 heterocycles. The molecule has 0 aliphatic heterocycles. The monoisotopic (exact) mass is 321 g/mol. The minimum absolute atomic E-state index is 0.0371. The summed E-state index contributed by atoms with van der Waals surface area (Å²) in [4.78, 5) is 22.3. The first kappa shape index (κ1) is 16.5. The highest BCUT2D eigenvalue weighted by molar-refractivity contribution is 5.93. The van der Waals surface area contributed by atoms with Gasteiger partial charge >= 0.3 is 5.97 Å². The lowest BCUT2D eigenvalue weighted by atomic mass is 10.3. The minimum Gasteiger partial charge on any atom is -0.494 e. The van der Waals surface area contributed by atoms with Crippen molar-refractivity contribution >= 4 is 11.9 Å². The van der Waals surface area contributed by atoms with Gasteiger partial charge in [0.15, 0.2) is 5.76 Å². The summed E-state index contributed by atoms with van der Waals surface area (Å²) in [6.45, 7) is 0.861. The van der Waals surface area contributed by atoms with E-state index in [9.17, 15) is 14.0 Å². The number of ether oxygens (including phenoxy) is 1. The number of halogens is 1. The van der Waals surface area contributed by atoms with Gasteiger partial charge in [0, 0.05) is 6.54 Å². The number of carboxylic acid groups (broad SMARTS) is 1. The van der Waals surface area contributed by atoms with Gasteiger partial charge in [-0.3, -0.25) is 4.79 Å². The Labute approximate surface area is 131 Å². The number of carbonyl (C=O) groups excluding carboxylic acids is 1. The predicted molar refractivity (Wildman–Crippen MR) is 79.1 cm³/mol. The fourth-order valence-corrected chi connectivity index (χ4v) is 1.81. The van der Waals surface area contributed by atoms with Crippen molar-refractivity contribution in [3.8, 4) is 5.75 Å². The second-order valence-corrected chi connectivity index (χ2v) is 4.73. The lowest BCUT2D eigenvalue weighted by molar-refractivity contribution is 0.0659. The molecule has 0 spiro atoms. The molecule has 7 heteroatoms. The third kappa shape index (κ3) is 5.14. The summed E-state index contributed by atoms with van der Waals surface area (Å²) in [6.07, 6.45) is 1.38. The molecule has 2 aromatic rings. The fourth-order valence-electron chi connectivity index (χ4n) is 1.81. The summed E-state index contributed by atoms with van der Waals surface area (Å²) in [6, 6.07) is 8.29. The number of nitrogens with one attached hydrogen (secondary N) is 1. The predicted octanol–water partition coefficient (Wildman–Crippen LogP) is 2.71. The first-order valence-corrected chi connectivity index (χ1v) is 7.06. The molecule has 23 heavy (non-hydrogen) atoms. The zero-order chi connectivity index (χ0) is 16.7. The summed E-state index contributed by atoms with van der Waals surface area (Å²) in [5.41, 5.74) is 0. The van der Waals surface area contributed by atoms with Crippen LogP contribution in [0.25, 0.3) is 0 Å². The van der Waals surface area contributed by atoms with Gasteiger partial charge in [-0.05, 0) is 49.2 Å². The number of carboxylic acids is 1. The Hall–Kier alpha value is -2.83. The maximum Gasteiger partial charge on any atom is 0.371 e. The van der Waals surface area contributed by atoms with Gasteiger partial charge in [-0.15, -0.1) is 0 Å². The second kappa shape index (κ2) is 7.98. The van der Waals surface area contributed by atoms with Gasteiger partial charge in [-0.25, -0.2) is 9.18 Å². The van der Waals surface area contributed by atoms with Crippen LogP contribution in [0.1, 0.15) is 34.0 Å². The number of amides is 1. The van der Waals surface area contributed by atoms with E-state index in [1.807, 2.05) is 0 Å². The Morgan fingerprint density at radius 1 is 1.09 bits per heavy atom. The molecule has 1 aromatic heterocycles. The average Bonchev–Trinajstić information content (AvgIpc) is 3.02. The number of benzene rings is 1. The number of carbonyl (C=O) groups is 2. The van der Waals surface area contributed by atoms with E-state index in [0.29, 0.717) is 31.7 Å². The maximum absolute atomic E-state index is 12.7. The molecule has 0 unspecified atom stereocenters. The Bertz CT molecular complexity index is 665. The Kier molecular flexibility index (Phi) is 5.74. The van der Waals surface area contributed by atoms with E-state index in [1.165, 1.54) is 24.3 Å². The van der Waals surface area contributed by atoms with Crippen molar-refractivity contribution in [3.63, 3.8) is 0 Å². The van der Waals surface area contributed by atoms with Crippen molar-refractivity contribution in [2.75, 3.05) is 13.2 Å². The molecule has 0 saturated carbocycles. The molecule has 1 amide bonds. The van der Waals surface area contributed by atoms with E-state index in [4.69, 9.17) is 14.3 Å². The SMILES string of the molecule is O=C(O)c1ccc(C(=O)NCCCCOc2ccc(F)cc2)o1. The zero-order valence-electron chi connectivity index (χ0n) is 12.3. The molecular weight excluding hydrogens is 305 g/mol. The molecular formula is C16H16FNO5. The van der Waals surface area contributed by atoms with Crippen LogP contribution in [-0.4, -0.2) is 30.1 Å².